The summed E-state index contributed by atoms with van der Waals surface area (Å²) in [6, 6.07) is 7.58. The Bertz CT molecular complexity index is 596. The molecule has 1 unspecified atom stereocenters. The highest BCUT2D eigenvalue weighted by molar-refractivity contribution is 5.75. The maximum atomic E-state index is 4.84. The van der Waals surface area contributed by atoms with E-state index >= 15 is 0 Å². The average Bonchev–Trinajstić information content (AvgIpc) is 2.91. The molecule has 2 aromatic rings. The number of nitrogens with one attached hydrogen (secondary N) is 1. The van der Waals surface area contributed by atoms with Crippen molar-refractivity contribution in [1.82, 2.24) is 14.9 Å². The lowest BCUT2D eigenvalue weighted by Gasteiger charge is -2.36. The first kappa shape index (κ1) is 14.6. The second kappa shape index (κ2) is 6.18. The molecule has 0 bridgehead atoms. The lowest BCUT2D eigenvalue weighted by atomic mass is 9.93. The monoisotopic (exact) mass is 285 g/mol. The number of H-pyrrole nitrogens is 1. The first-order valence-electron chi connectivity index (χ1n) is 8.37. The first-order chi connectivity index (χ1) is 10.2. The molecule has 1 heterocycles. The molecule has 1 aliphatic carbocycles. The van der Waals surface area contributed by atoms with E-state index in [-0.39, 0.29) is 0 Å². The minimum absolute atomic E-state index is 0.404. The maximum absolute atomic E-state index is 4.84. The van der Waals surface area contributed by atoms with Crippen LogP contribution >= 0.6 is 0 Å². The van der Waals surface area contributed by atoms with Crippen molar-refractivity contribution in [3.63, 3.8) is 0 Å². The van der Waals surface area contributed by atoms with Crippen LogP contribution in [0, 0.1) is 6.92 Å². The molecule has 21 heavy (non-hydrogen) atoms. The normalized spacial score (nSPS) is 18.5. The predicted molar refractivity (Wildman–Crippen MR) is 88.5 cm³/mol. The van der Waals surface area contributed by atoms with Crippen LogP contribution < -0.4 is 0 Å². The molecule has 0 amide bonds. The summed E-state index contributed by atoms with van der Waals surface area (Å²) in [5.74, 6) is 1.13. The van der Waals surface area contributed by atoms with Crippen LogP contribution in [0.15, 0.2) is 18.2 Å². The van der Waals surface area contributed by atoms with E-state index in [1.807, 2.05) is 0 Å². The minimum Gasteiger partial charge on any atom is -0.341 e. The molecular weight excluding hydrogens is 258 g/mol. The van der Waals surface area contributed by atoms with E-state index in [0.717, 1.165) is 23.8 Å². The third-order valence-electron chi connectivity index (χ3n) is 5.00. The van der Waals surface area contributed by atoms with Crippen molar-refractivity contribution in [2.75, 3.05) is 7.05 Å². The highest BCUT2D eigenvalue weighted by Crippen LogP contribution is 2.30. The van der Waals surface area contributed by atoms with Crippen molar-refractivity contribution in [1.29, 1.82) is 0 Å². The number of rotatable bonds is 4. The molecule has 1 aromatic heterocycles. The molecule has 1 fully saturated rings. The second-order valence-electron chi connectivity index (χ2n) is 6.52. The molecule has 0 spiro atoms. The molecule has 0 radical (unpaired) electrons. The fourth-order valence-corrected chi connectivity index (χ4v) is 3.72. The standard InChI is InChI=1S/C18H27N3/c1-4-17(21(3)14-8-6-5-7-9-14)18-19-15-11-10-13(2)12-16(15)20-18/h10-12,14,17H,4-9H2,1-3H3,(H,19,20). The molecule has 0 aliphatic heterocycles. The van der Waals surface area contributed by atoms with E-state index in [0.29, 0.717) is 6.04 Å². The summed E-state index contributed by atoms with van der Waals surface area (Å²) >= 11 is 0. The van der Waals surface area contributed by atoms with Gasteiger partial charge in [0.15, 0.2) is 0 Å². The number of aryl methyl sites for hydroxylation is 1. The smallest absolute Gasteiger partial charge is 0.124 e. The van der Waals surface area contributed by atoms with E-state index < -0.39 is 0 Å². The number of nitrogens with zero attached hydrogens (tertiary/aromatic N) is 2. The Kier molecular flexibility index (Phi) is 4.29. The zero-order chi connectivity index (χ0) is 14.8. The van der Waals surface area contributed by atoms with Gasteiger partial charge < -0.3 is 4.98 Å². The summed E-state index contributed by atoms with van der Waals surface area (Å²) in [7, 11) is 2.28. The Morgan fingerprint density at radius 2 is 2.05 bits per heavy atom. The number of hydrogen-bond acceptors (Lipinski definition) is 2. The van der Waals surface area contributed by atoms with Gasteiger partial charge >= 0.3 is 0 Å². The fourth-order valence-electron chi connectivity index (χ4n) is 3.72. The predicted octanol–water partition coefficient (Wildman–Crippen LogP) is 4.59. The molecular formula is C18H27N3. The molecule has 1 aliphatic rings. The Hall–Kier alpha value is -1.35. The number of fused-ring (bicyclic) bond motifs is 1. The first-order valence-corrected chi connectivity index (χ1v) is 8.37. The van der Waals surface area contributed by atoms with Gasteiger partial charge in [0.05, 0.1) is 17.1 Å². The lowest BCUT2D eigenvalue weighted by Crippen LogP contribution is -2.36. The van der Waals surface area contributed by atoms with Crippen LogP contribution in [0.1, 0.15) is 62.9 Å². The Labute approximate surface area is 127 Å². The molecule has 1 atom stereocenters. The van der Waals surface area contributed by atoms with Crippen molar-refractivity contribution in [3.05, 3.63) is 29.6 Å². The molecule has 3 rings (SSSR count). The lowest BCUT2D eigenvalue weighted by molar-refractivity contribution is 0.129. The quantitative estimate of drug-likeness (QED) is 0.891. The summed E-state index contributed by atoms with van der Waals surface area (Å²) in [4.78, 5) is 11.0. The van der Waals surface area contributed by atoms with E-state index in [2.05, 4.69) is 49.0 Å². The van der Waals surface area contributed by atoms with Crippen molar-refractivity contribution < 1.29 is 0 Å². The van der Waals surface area contributed by atoms with Gasteiger partial charge in [0.2, 0.25) is 0 Å². The zero-order valence-corrected chi connectivity index (χ0v) is 13.5. The highest BCUT2D eigenvalue weighted by Gasteiger charge is 2.26. The van der Waals surface area contributed by atoms with Gasteiger partial charge in [0, 0.05) is 6.04 Å². The third-order valence-corrected chi connectivity index (χ3v) is 5.00. The van der Waals surface area contributed by atoms with Crippen molar-refractivity contribution >= 4 is 11.0 Å². The Morgan fingerprint density at radius 1 is 1.29 bits per heavy atom. The SMILES string of the molecule is CCC(c1nc2ccc(C)cc2[nH]1)N(C)C1CCCCC1. The molecule has 3 nitrogen and oxygen atoms in total. The number of hydrogen-bond donors (Lipinski definition) is 1. The van der Waals surface area contributed by atoms with Gasteiger partial charge in [-0.1, -0.05) is 32.3 Å². The van der Waals surface area contributed by atoms with E-state index in [1.54, 1.807) is 0 Å². The van der Waals surface area contributed by atoms with Crippen molar-refractivity contribution in [2.45, 2.75) is 64.5 Å². The Morgan fingerprint density at radius 3 is 2.76 bits per heavy atom. The molecule has 0 saturated heterocycles. The second-order valence-corrected chi connectivity index (χ2v) is 6.52. The molecule has 114 valence electrons. The molecule has 3 heteroatoms. The summed E-state index contributed by atoms with van der Waals surface area (Å²) in [5, 5.41) is 0. The summed E-state index contributed by atoms with van der Waals surface area (Å²) < 4.78 is 0. The van der Waals surface area contributed by atoms with E-state index in [1.165, 1.54) is 43.2 Å². The summed E-state index contributed by atoms with van der Waals surface area (Å²) in [5.41, 5.74) is 3.54. The van der Waals surface area contributed by atoms with Crippen LogP contribution in [0.4, 0.5) is 0 Å². The maximum Gasteiger partial charge on any atom is 0.124 e. The minimum atomic E-state index is 0.404. The summed E-state index contributed by atoms with van der Waals surface area (Å²) in [6.45, 7) is 4.40. The highest BCUT2D eigenvalue weighted by atomic mass is 15.2. The van der Waals surface area contributed by atoms with E-state index in [4.69, 9.17) is 4.98 Å². The van der Waals surface area contributed by atoms with Crippen LogP contribution in [-0.2, 0) is 0 Å². The number of aromatic amines is 1. The van der Waals surface area contributed by atoms with Crippen LogP contribution in [0.2, 0.25) is 0 Å². The van der Waals surface area contributed by atoms with Crippen molar-refractivity contribution in [2.24, 2.45) is 0 Å². The third kappa shape index (κ3) is 2.98. The molecule has 1 saturated carbocycles. The van der Waals surface area contributed by atoms with Gasteiger partial charge in [0.25, 0.3) is 0 Å². The number of benzene rings is 1. The van der Waals surface area contributed by atoms with Crippen LogP contribution in [-0.4, -0.2) is 28.0 Å². The van der Waals surface area contributed by atoms with Crippen LogP contribution in [0.3, 0.4) is 0 Å². The van der Waals surface area contributed by atoms with E-state index in [9.17, 15) is 0 Å². The van der Waals surface area contributed by atoms with Gasteiger partial charge in [-0.25, -0.2) is 4.98 Å². The number of aromatic nitrogens is 2. The zero-order valence-electron chi connectivity index (χ0n) is 13.5. The van der Waals surface area contributed by atoms with Gasteiger partial charge in [0.1, 0.15) is 5.82 Å². The van der Waals surface area contributed by atoms with Gasteiger partial charge in [-0.05, 0) is 50.9 Å². The average molecular weight is 285 g/mol. The summed E-state index contributed by atoms with van der Waals surface area (Å²) in [6.07, 6.45) is 7.95. The van der Waals surface area contributed by atoms with Gasteiger partial charge in [-0.15, -0.1) is 0 Å². The number of imidazole rings is 1. The molecule has 1 aromatic carbocycles. The largest absolute Gasteiger partial charge is 0.341 e. The Balaban J connectivity index is 1.86. The molecule has 1 N–H and O–H groups in total. The van der Waals surface area contributed by atoms with Gasteiger partial charge in [-0.3, -0.25) is 4.90 Å². The van der Waals surface area contributed by atoms with Crippen molar-refractivity contribution in [3.8, 4) is 0 Å². The van der Waals surface area contributed by atoms with Crippen LogP contribution in [0.5, 0.6) is 0 Å². The van der Waals surface area contributed by atoms with Crippen LogP contribution in [0.25, 0.3) is 11.0 Å². The van der Waals surface area contributed by atoms with Gasteiger partial charge in [-0.2, -0.15) is 0 Å². The fraction of sp³-hybridized carbons (Fsp3) is 0.611. The topological polar surface area (TPSA) is 31.9 Å².